The Balaban J connectivity index is 1.44. The number of anilines is 1. The summed E-state index contributed by atoms with van der Waals surface area (Å²) in [6, 6.07) is 15.1. The predicted octanol–water partition coefficient (Wildman–Crippen LogP) is 5.31. The molecular formula is C26H26FN3O2S. The topological polar surface area (TPSA) is 61.8 Å². The average Bonchev–Trinajstić information content (AvgIpc) is 3.14. The zero-order valence-electron chi connectivity index (χ0n) is 18.3. The summed E-state index contributed by atoms with van der Waals surface area (Å²) in [5.74, 6) is -0.658. The van der Waals surface area contributed by atoms with Gasteiger partial charge in [0.25, 0.3) is 5.91 Å². The molecule has 2 aliphatic rings. The lowest BCUT2D eigenvalue weighted by Crippen LogP contribution is -2.32. The normalized spacial score (nSPS) is 17.2. The Kier molecular flexibility index (Phi) is 7.73. The number of aliphatic imine (C=N–C) groups is 1. The number of carbonyl (C=O) groups excluding carboxylic acids is 2. The van der Waals surface area contributed by atoms with Gasteiger partial charge in [-0.2, -0.15) is 0 Å². The molecular weight excluding hydrogens is 437 g/mol. The van der Waals surface area contributed by atoms with Crippen molar-refractivity contribution in [3.8, 4) is 0 Å². The van der Waals surface area contributed by atoms with E-state index in [9.17, 15) is 14.0 Å². The van der Waals surface area contributed by atoms with Crippen molar-refractivity contribution in [2.75, 3.05) is 17.2 Å². The van der Waals surface area contributed by atoms with Crippen LogP contribution in [-0.4, -0.2) is 29.3 Å². The molecule has 7 heteroatoms. The highest BCUT2D eigenvalue weighted by Gasteiger charge is 2.32. The van der Waals surface area contributed by atoms with Crippen LogP contribution in [0.5, 0.6) is 0 Å². The number of carbonyl (C=O) groups is 2. The second-order valence-corrected chi connectivity index (χ2v) is 8.89. The number of nitrogens with zero attached hydrogens (tertiary/aromatic N) is 2. The van der Waals surface area contributed by atoms with Gasteiger partial charge in [0.1, 0.15) is 11.5 Å². The summed E-state index contributed by atoms with van der Waals surface area (Å²) >= 11 is 1.20. The van der Waals surface area contributed by atoms with Crippen LogP contribution in [0.1, 0.15) is 37.7 Å². The first-order valence-corrected chi connectivity index (χ1v) is 12.1. The van der Waals surface area contributed by atoms with Crippen LogP contribution in [0.2, 0.25) is 0 Å². The maximum absolute atomic E-state index is 13.4. The Morgan fingerprint density at radius 3 is 2.64 bits per heavy atom. The molecule has 2 amide bonds. The van der Waals surface area contributed by atoms with Crippen LogP contribution in [0, 0.1) is 5.82 Å². The number of nitrogens with one attached hydrogen (secondary N) is 1. The molecule has 170 valence electrons. The third-order valence-electron chi connectivity index (χ3n) is 5.50. The van der Waals surface area contributed by atoms with Gasteiger partial charge in [0.05, 0.1) is 11.4 Å². The van der Waals surface area contributed by atoms with Gasteiger partial charge < -0.3 is 5.32 Å². The highest BCUT2D eigenvalue weighted by Crippen LogP contribution is 2.29. The molecule has 0 atom stereocenters. The fraction of sp³-hybridized carbons (Fsp3) is 0.269. The van der Waals surface area contributed by atoms with Crippen LogP contribution in [0.15, 0.2) is 76.9 Å². The summed E-state index contributed by atoms with van der Waals surface area (Å²) in [6.07, 6.45) is 9.59. The Labute approximate surface area is 197 Å². The summed E-state index contributed by atoms with van der Waals surface area (Å²) in [5.41, 5.74) is 3.05. The molecule has 0 spiro atoms. The van der Waals surface area contributed by atoms with E-state index in [4.69, 9.17) is 0 Å². The van der Waals surface area contributed by atoms with E-state index in [0.29, 0.717) is 17.4 Å². The number of rotatable bonds is 7. The molecule has 33 heavy (non-hydrogen) atoms. The number of hydrogen-bond acceptors (Lipinski definition) is 4. The van der Waals surface area contributed by atoms with E-state index < -0.39 is 0 Å². The first-order chi connectivity index (χ1) is 16.1. The molecule has 1 heterocycles. The van der Waals surface area contributed by atoms with Crippen LogP contribution in [-0.2, 0) is 9.59 Å². The lowest BCUT2D eigenvalue weighted by molar-refractivity contribution is -0.118. The molecule has 2 aromatic carbocycles. The van der Waals surface area contributed by atoms with E-state index in [0.717, 1.165) is 24.8 Å². The number of amidine groups is 1. The standard InChI is InChI=1S/C26H26FN3O2S/c27-21-11-13-22(14-12-21)30-25(32)23(17-20-9-5-2-6-10-20)29-26(30)33-18-24(31)28-16-15-19-7-3-1-4-8-19/h2,5-7,9-14,17H,1,3-4,8,15-16,18H2,(H,28,31). The fourth-order valence-corrected chi connectivity index (χ4v) is 4.64. The van der Waals surface area contributed by atoms with E-state index in [2.05, 4.69) is 16.4 Å². The van der Waals surface area contributed by atoms with Gasteiger partial charge >= 0.3 is 0 Å². The van der Waals surface area contributed by atoms with Gasteiger partial charge in [0.15, 0.2) is 5.17 Å². The molecule has 0 radical (unpaired) electrons. The summed E-state index contributed by atoms with van der Waals surface area (Å²) in [4.78, 5) is 31.5. The van der Waals surface area contributed by atoms with Crippen LogP contribution >= 0.6 is 11.8 Å². The van der Waals surface area contributed by atoms with Gasteiger partial charge in [-0.1, -0.05) is 53.7 Å². The minimum absolute atomic E-state index is 0.105. The van der Waals surface area contributed by atoms with Gasteiger partial charge in [0, 0.05) is 6.54 Å². The van der Waals surface area contributed by atoms with Crippen molar-refractivity contribution >= 4 is 40.5 Å². The third-order valence-corrected chi connectivity index (χ3v) is 6.44. The monoisotopic (exact) mass is 463 g/mol. The quantitative estimate of drug-likeness (QED) is 0.447. The molecule has 5 nitrogen and oxygen atoms in total. The summed E-state index contributed by atoms with van der Waals surface area (Å²) in [5, 5.41) is 3.36. The number of amides is 2. The molecule has 0 fully saturated rings. The predicted molar refractivity (Wildman–Crippen MR) is 132 cm³/mol. The van der Waals surface area contributed by atoms with Crippen LogP contribution in [0.25, 0.3) is 6.08 Å². The van der Waals surface area contributed by atoms with Gasteiger partial charge in [-0.25, -0.2) is 9.38 Å². The molecule has 0 saturated heterocycles. The zero-order valence-corrected chi connectivity index (χ0v) is 19.1. The van der Waals surface area contributed by atoms with Crippen molar-refractivity contribution in [3.63, 3.8) is 0 Å². The highest BCUT2D eigenvalue weighted by atomic mass is 32.2. The van der Waals surface area contributed by atoms with E-state index in [-0.39, 0.29) is 29.1 Å². The second kappa shape index (κ2) is 11.1. The first kappa shape index (κ1) is 23.0. The van der Waals surface area contributed by atoms with Gasteiger partial charge in [-0.15, -0.1) is 0 Å². The van der Waals surface area contributed by atoms with Crippen LogP contribution in [0.4, 0.5) is 10.1 Å². The highest BCUT2D eigenvalue weighted by molar-refractivity contribution is 8.14. The Hall–Kier alpha value is -3.19. The molecule has 1 aliphatic carbocycles. The van der Waals surface area contributed by atoms with Crippen LogP contribution < -0.4 is 10.2 Å². The summed E-state index contributed by atoms with van der Waals surface area (Å²) < 4.78 is 13.4. The molecule has 0 unspecified atom stereocenters. The number of thioether (sulfide) groups is 1. The molecule has 0 aromatic heterocycles. The SMILES string of the molecule is O=C(CSC1=NC(=Cc2ccccc2)C(=O)N1c1ccc(F)cc1)NCCC1=CCCCC1. The van der Waals surface area contributed by atoms with E-state index >= 15 is 0 Å². The molecule has 2 aromatic rings. The van der Waals surface area contributed by atoms with Gasteiger partial charge in [-0.05, 0) is 68.0 Å². The smallest absolute Gasteiger partial charge is 0.283 e. The number of allylic oxidation sites excluding steroid dienone is 1. The second-order valence-electron chi connectivity index (χ2n) is 7.95. The van der Waals surface area contributed by atoms with Crippen molar-refractivity contribution in [2.45, 2.75) is 32.1 Å². The van der Waals surface area contributed by atoms with E-state index in [1.165, 1.54) is 59.3 Å². The molecule has 1 N–H and O–H groups in total. The maximum atomic E-state index is 13.4. The van der Waals surface area contributed by atoms with Crippen molar-refractivity contribution in [2.24, 2.45) is 4.99 Å². The third kappa shape index (κ3) is 6.20. The molecule has 4 rings (SSSR count). The number of benzene rings is 2. The first-order valence-electron chi connectivity index (χ1n) is 11.1. The Morgan fingerprint density at radius 1 is 1.12 bits per heavy atom. The van der Waals surface area contributed by atoms with E-state index in [1.54, 1.807) is 6.08 Å². The van der Waals surface area contributed by atoms with E-state index in [1.807, 2.05) is 30.3 Å². The zero-order chi connectivity index (χ0) is 23.0. The summed E-state index contributed by atoms with van der Waals surface area (Å²) in [7, 11) is 0. The Bertz CT molecular complexity index is 1090. The lowest BCUT2D eigenvalue weighted by Gasteiger charge is -2.17. The average molecular weight is 464 g/mol. The minimum atomic E-state index is -0.385. The summed E-state index contributed by atoms with van der Waals surface area (Å²) in [6.45, 7) is 0.609. The molecule has 0 bridgehead atoms. The molecule has 1 aliphatic heterocycles. The number of hydrogen-bond donors (Lipinski definition) is 1. The lowest BCUT2D eigenvalue weighted by atomic mass is 9.97. The minimum Gasteiger partial charge on any atom is -0.355 e. The van der Waals surface area contributed by atoms with Crippen molar-refractivity contribution in [1.29, 1.82) is 0 Å². The van der Waals surface area contributed by atoms with Crippen LogP contribution in [0.3, 0.4) is 0 Å². The fourth-order valence-electron chi connectivity index (χ4n) is 3.79. The largest absolute Gasteiger partial charge is 0.355 e. The van der Waals surface area contributed by atoms with Crippen molar-refractivity contribution in [1.82, 2.24) is 5.32 Å². The van der Waals surface area contributed by atoms with Gasteiger partial charge in [0.2, 0.25) is 5.91 Å². The maximum Gasteiger partial charge on any atom is 0.283 e. The van der Waals surface area contributed by atoms with Gasteiger partial charge in [-0.3, -0.25) is 14.5 Å². The molecule has 0 saturated carbocycles. The Morgan fingerprint density at radius 2 is 1.91 bits per heavy atom. The number of halogens is 1. The van der Waals surface area contributed by atoms with Crippen molar-refractivity contribution in [3.05, 3.63) is 83.3 Å². The van der Waals surface area contributed by atoms with Crippen molar-refractivity contribution < 1.29 is 14.0 Å².